The Balaban J connectivity index is 0.969. The maximum Gasteiger partial charge on any atom is 0.256 e. The van der Waals surface area contributed by atoms with Gasteiger partial charge in [0.2, 0.25) is 11.8 Å². The molecule has 0 saturated carbocycles. The van der Waals surface area contributed by atoms with Gasteiger partial charge in [-0.15, -0.1) is 0 Å². The summed E-state index contributed by atoms with van der Waals surface area (Å²) in [6.45, 7) is 0.797. The predicted molar refractivity (Wildman–Crippen MR) is 199 cm³/mol. The number of aliphatic hydroxyl groups excluding tert-OH is 2. The van der Waals surface area contributed by atoms with Crippen LogP contribution < -0.4 is 10.6 Å². The average Bonchev–Trinajstić information content (AvgIpc) is 4.00. The van der Waals surface area contributed by atoms with E-state index in [0.717, 1.165) is 16.8 Å². The summed E-state index contributed by atoms with van der Waals surface area (Å²) in [6.07, 6.45) is 1.29. The molecule has 4 atom stereocenters. The van der Waals surface area contributed by atoms with Crippen molar-refractivity contribution < 1.29 is 29.4 Å². The molecule has 5 N–H and O–H groups in total. The van der Waals surface area contributed by atoms with E-state index >= 15 is 0 Å². The van der Waals surface area contributed by atoms with Crippen molar-refractivity contribution >= 4 is 35.0 Å². The van der Waals surface area contributed by atoms with E-state index < -0.39 is 36.1 Å². The smallest absolute Gasteiger partial charge is 0.256 e. The number of nitrogens with zero attached hydrogens (tertiary/aromatic N) is 3. The van der Waals surface area contributed by atoms with Crippen molar-refractivity contribution in [1.29, 1.82) is 0 Å². The highest BCUT2D eigenvalue weighted by Crippen LogP contribution is 2.32. The lowest BCUT2D eigenvalue weighted by Crippen LogP contribution is -2.45. The predicted octanol–water partition coefficient (Wildman–Crippen LogP) is 5.07. The van der Waals surface area contributed by atoms with Crippen LogP contribution >= 0.6 is 0 Å². The SMILES string of the molecule is O=C(Nc1ccc(-c2nc[nH]c2-c2ccc(NC(=O)[C@@H]3CCCN3C(=O)[C@H](O)c3ccccc3)cc2)cc1)C1CCCN1C(=O)[C@H](O)c1ccccc1. The molecule has 2 saturated heterocycles. The van der Waals surface area contributed by atoms with Crippen LogP contribution in [0.3, 0.4) is 0 Å². The van der Waals surface area contributed by atoms with Crippen molar-refractivity contribution in [1.82, 2.24) is 19.8 Å². The summed E-state index contributed by atoms with van der Waals surface area (Å²) in [5.41, 5.74) is 5.21. The molecule has 0 radical (unpaired) electrons. The monoisotopic (exact) mass is 712 g/mol. The summed E-state index contributed by atoms with van der Waals surface area (Å²) in [5, 5.41) is 27.2. The maximum absolute atomic E-state index is 13.3. The highest BCUT2D eigenvalue weighted by molar-refractivity contribution is 5.99. The van der Waals surface area contributed by atoms with Crippen molar-refractivity contribution in [3.05, 3.63) is 127 Å². The van der Waals surface area contributed by atoms with Gasteiger partial charge in [0.25, 0.3) is 11.8 Å². The molecular formula is C41H40N6O6. The number of hydrogen-bond donors (Lipinski definition) is 5. The van der Waals surface area contributed by atoms with Crippen molar-refractivity contribution in [2.24, 2.45) is 0 Å². The molecule has 12 nitrogen and oxygen atoms in total. The highest BCUT2D eigenvalue weighted by atomic mass is 16.3. The van der Waals surface area contributed by atoms with Crippen LogP contribution in [0.15, 0.2) is 116 Å². The van der Waals surface area contributed by atoms with Gasteiger partial charge in [-0.2, -0.15) is 0 Å². The van der Waals surface area contributed by atoms with Crippen molar-refractivity contribution in [2.75, 3.05) is 23.7 Å². The maximum atomic E-state index is 13.3. The molecule has 0 bridgehead atoms. The number of benzene rings is 4. The minimum absolute atomic E-state index is 0.310. The van der Waals surface area contributed by atoms with Crippen LogP contribution in [0.5, 0.6) is 0 Å². The van der Waals surface area contributed by atoms with Gasteiger partial charge in [0.05, 0.1) is 17.7 Å². The molecule has 2 aliphatic rings. The van der Waals surface area contributed by atoms with Crippen molar-refractivity contribution in [2.45, 2.75) is 50.0 Å². The van der Waals surface area contributed by atoms with Crippen LogP contribution in [0.4, 0.5) is 11.4 Å². The topological polar surface area (TPSA) is 168 Å². The molecule has 5 aromatic rings. The Morgan fingerprint density at radius 2 is 1.06 bits per heavy atom. The Kier molecular flexibility index (Phi) is 10.4. The quantitative estimate of drug-likeness (QED) is 0.135. The number of imidazole rings is 1. The third kappa shape index (κ3) is 7.59. The number of aromatic amines is 1. The summed E-state index contributed by atoms with van der Waals surface area (Å²) in [7, 11) is 0. The van der Waals surface area contributed by atoms with Crippen LogP contribution in [0.25, 0.3) is 22.5 Å². The Morgan fingerprint density at radius 1 is 0.623 bits per heavy atom. The van der Waals surface area contributed by atoms with E-state index in [4.69, 9.17) is 0 Å². The van der Waals surface area contributed by atoms with Gasteiger partial charge in [0.15, 0.2) is 12.2 Å². The van der Waals surface area contributed by atoms with Gasteiger partial charge in [-0.3, -0.25) is 19.2 Å². The minimum Gasteiger partial charge on any atom is -0.378 e. The zero-order chi connectivity index (χ0) is 36.9. The van der Waals surface area contributed by atoms with Crippen molar-refractivity contribution in [3.63, 3.8) is 0 Å². The largest absolute Gasteiger partial charge is 0.378 e. The second-order valence-electron chi connectivity index (χ2n) is 13.3. The van der Waals surface area contributed by atoms with Gasteiger partial charge in [-0.05, 0) is 61.1 Å². The van der Waals surface area contributed by atoms with Gasteiger partial charge in [0, 0.05) is 35.6 Å². The van der Waals surface area contributed by atoms with E-state index in [0.29, 0.717) is 67.0 Å². The van der Waals surface area contributed by atoms with Gasteiger partial charge in [-0.1, -0.05) is 84.9 Å². The molecule has 0 spiro atoms. The molecule has 4 aromatic carbocycles. The molecule has 1 aromatic heterocycles. The molecule has 270 valence electrons. The third-order valence-electron chi connectivity index (χ3n) is 9.88. The number of hydrogen-bond acceptors (Lipinski definition) is 7. The van der Waals surface area contributed by atoms with E-state index in [1.807, 2.05) is 36.4 Å². The fourth-order valence-electron chi connectivity index (χ4n) is 7.09. The number of anilines is 2. The number of rotatable bonds is 10. The molecule has 0 aliphatic carbocycles. The molecule has 53 heavy (non-hydrogen) atoms. The standard InChI is InChI=1S/C41H40N6O6/c48-36(28-9-3-1-4-10-28)40(52)46-23-7-13-32(46)38(50)44-30-19-15-26(16-20-30)34-35(43-25-42-34)27-17-21-31(22-18-27)45-39(51)33-14-8-24-47(33)41(53)37(49)29-11-5-2-6-12-29/h1-6,9-12,15-22,25,32-33,36-37,48-49H,7-8,13-14,23-24H2,(H,42,43)(H,44,50)(H,45,51)/t32-,33?,36+,37+/m0/s1. The zero-order valence-electron chi connectivity index (χ0n) is 28.9. The number of aromatic nitrogens is 2. The second kappa shape index (κ2) is 15.6. The lowest BCUT2D eigenvalue weighted by Gasteiger charge is -2.26. The first kappa shape index (κ1) is 35.3. The number of nitrogens with one attached hydrogen (secondary N) is 3. The van der Waals surface area contributed by atoms with Gasteiger partial charge in [-0.25, -0.2) is 4.98 Å². The molecular weight excluding hydrogens is 672 g/mol. The number of carbonyl (C=O) groups is 4. The van der Waals surface area contributed by atoms with Gasteiger partial charge in [0.1, 0.15) is 12.1 Å². The first-order chi connectivity index (χ1) is 25.8. The average molecular weight is 713 g/mol. The summed E-state index contributed by atoms with van der Waals surface area (Å²) in [4.78, 5) is 63.4. The van der Waals surface area contributed by atoms with Crippen molar-refractivity contribution in [3.8, 4) is 22.5 Å². The third-order valence-corrected chi connectivity index (χ3v) is 9.88. The van der Waals surface area contributed by atoms with Gasteiger partial charge >= 0.3 is 0 Å². The summed E-state index contributed by atoms with van der Waals surface area (Å²) in [5.74, 6) is -1.60. The fourth-order valence-corrected chi connectivity index (χ4v) is 7.09. The Bertz CT molecular complexity index is 1920. The Labute approximate surface area is 306 Å². The number of carbonyl (C=O) groups excluding carboxylic acids is 4. The number of H-pyrrole nitrogens is 1. The van der Waals surface area contributed by atoms with E-state index in [1.54, 1.807) is 79.1 Å². The molecule has 2 fully saturated rings. The molecule has 7 rings (SSSR count). The first-order valence-electron chi connectivity index (χ1n) is 17.7. The van der Waals surface area contributed by atoms with Crippen LogP contribution in [-0.4, -0.2) is 78.8 Å². The fraction of sp³-hybridized carbons (Fsp3) is 0.244. The van der Waals surface area contributed by atoms with Gasteiger partial charge < -0.3 is 35.6 Å². The summed E-state index contributed by atoms with van der Waals surface area (Å²) >= 11 is 0. The molecule has 2 aliphatic heterocycles. The van der Waals surface area contributed by atoms with Crippen LogP contribution in [0.1, 0.15) is 49.0 Å². The highest BCUT2D eigenvalue weighted by Gasteiger charge is 2.38. The van der Waals surface area contributed by atoms with E-state index in [9.17, 15) is 29.4 Å². The van der Waals surface area contributed by atoms with E-state index in [2.05, 4.69) is 20.6 Å². The normalized spacial score (nSPS) is 18.0. The summed E-state index contributed by atoms with van der Waals surface area (Å²) in [6, 6.07) is 30.6. The van der Waals surface area contributed by atoms with Crippen LogP contribution in [0.2, 0.25) is 0 Å². The minimum atomic E-state index is -1.33. The number of amides is 4. The second-order valence-corrected chi connectivity index (χ2v) is 13.3. The molecule has 4 amide bonds. The lowest BCUT2D eigenvalue weighted by molar-refractivity contribution is -0.144. The lowest BCUT2D eigenvalue weighted by atomic mass is 10.0. The zero-order valence-corrected chi connectivity index (χ0v) is 28.9. The Hall–Kier alpha value is -6.11. The molecule has 1 unspecified atom stereocenters. The number of likely N-dealkylation sites (tertiary alicyclic amines) is 2. The van der Waals surface area contributed by atoms with E-state index in [1.165, 1.54) is 9.80 Å². The molecule has 12 heteroatoms. The van der Waals surface area contributed by atoms with Crippen LogP contribution in [0, 0.1) is 0 Å². The first-order valence-corrected chi connectivity index (χ1v) is 17.7. The number of aliphatic hydroxyl groups is 2. The van der Waals surface area contributed by atoms with Crippen LogP contribution in [-0.2, 0) is 19.2 Å². The molecule has 3 heterocycles. The van der Waals surface area contributed by atoms with E-state index in [-0.39, 0.29) is 11.8 Å². The Morgan fingerprint density at radius 3 is 1.51 bits per heavy atom. The summed E-state index contributed by atoms with van der Waals surface area (Å²) < 4.78 is 0.